The third-order valence-corrected chi connectivity index (χ3v) is 3.77. The van der Waals surface area contributed by atoms with Crippen molar-refractivity contribution in [2.75, 3.05) is 5.32 Å². The summed E-state index contributed by atoms with van der Waals surface area (Å²) in [4.78, 5) is 4.13. The van der Waals surface area contributed by atoms with Crippen molar-refractivity contribution in [2.24, 2.45) is 0 Å². The normalized spacial score (nSPS) is 10.6. The first kappa shape index (κ1) is 12.4. The lowest BCUT2D eigenvalue weighted by Gasteiger charge is -2.07. The van der Waals surface area contributed by atoms with E-state index in [1.54, 1.807) is 0 Å². The van der Waals surface area contributed by atoms with Crippen molar-refractivity contribution in [2.45, 2.75) is 6.54 Å². The number of halogens is 1. The number of hydrogen-bond donors (Lipinski definition) is 1. The van der Waals surface area contributed by atoms with Crippen molar-refractivity contribution in [3.63, 3.8) is 0 Å². The summed E-state index contributed by atoms with van der Waals surface area (Å²) in [6.07, 6.45) is 3.73. The quantitative estimate of drug-likeness (QED) is 0.698. The predicted octanol–water partition coefficient (Wildman–Crippen LogP) is 4.45. The number of benzene rings is 2. The van der Waals surface area contributed by atoms with E-state index in [9.17, 15) is 0 Å². The van der Waals surface area contributed by atoms with E-state index in [0.717, 1.165) is 12.2 Å². The van der Waals surface area contributed by atoms with Crippen LogP contribution < -0.4 is 5.32 Å². The SMILES string of the molecule is Ic1ccc(NCc2ccc3cnccc3c2)cc1. The van der Waals surface area contributed by atoms with Crippen molar-refractivity contribution in [3.8, 4) is 0 Å². The third-order valence-electron chi connectivity index (χ3n) is 3.05. The first-order chi connectivity index (χ1) is 9.31. The highest BCUT2D eigenvalue weighted by Gasteiger charge is 1.97. The Morgan fingerprint density at radius 3 is 2.63 bits per heavy atom. The minimum absolute atomic E-state index is 0.832. The summed E-state index contributed by atoms with van der Waals surface area (Å²) in [5.74, 6) is 0. The van der Waals surface area contributed by atoms with Crippen LogP contribution in [-0.2, 0) is 6.54 Å². The van der Waals surface area contributed by atoms with Gasteiger partial charge in [-0.2, -0.15) is 0 Å². The number of anilines is 1. The van der Waals surface area contributed by atoms with Crippen LogP contribution >= 0.6 is 22.6 Å². The highest BCUT2D eigenvalue weighted by Crippen LogP contribution is 2.16. The van der Waals surface area contributed by atoms with Crippen LogP contribution in [0.3, 0.4) is 0 Å². The van der Waals surface area contributed by atoms with E-state index >= 15 is 0 Å². The second-order valence-corrected chi connectivity index (χ2v) is 5.66. The lowest BCUT2D eigenvalue weighted by Crippen LogP contribution is -1.99. The molecule has 0 fully saturated rings. The minimum Gasteiger partial charge on any atom is -0.381 e. The molecule has 0 radical (unpaired) electrons. The van der Waals surface area contributed by atoms with Crippen LogP contribution in [0.1, 0.15) is 5.56 Å². The average molecular weight is 360 g/mol. The Labute approximate surface area is 126 Å². The van der Waals surface area contributed by atoms with Gasteiger partial charge < -0.3 is 5.32 Å². The maximum Gasteiger partial charge on any atom is 0.0401 e. The molecule has 3 rings (SSSR count). The van der Waals surface area contributed by atoms with Crippen molar-refractivity contribution in [3.05, 3.63) is 70.1 Å². The van der Waals surface area contributed by atoms with E-state index in [1.165, 1.54) is 19.9 Å². The molecule has 0 aliphatic rings. The lowest BCUT2D eigenvalue weighted by atomic mass is 10.1. The molecule has 0 bridgehead atoms. The molecule has 2 aromatic carbocycles. The fourth-order valence-corrected chi connectivity index (χ4v) is 2.37. The molecule has 0 amide bonds. The maximum atomic E-state index is 4.13. The molecular formula is C16H13IN2. The Bertz CT molecular complexity index is 692. The van der Waals surface area contributed by atoms with Crippen LogP contribution in [0, 0.1) is 3.57 Å². The maximum absolute atomic E-state index is 4.13. The Morgan fingerprint density at radius 2 is 1.79 bits per heavy atom. The molecule has 1 heterocycles. The number of aromatic nitrogens is 1. The predicted molar refractivity (Wildman–Crippen MR) is 88.2 cm³/mol. The van der Waals surface area contributed by atoms with Gasteiger partial charge in [0.25, 0.3) is 0 Å². The Morgan fingerprint density at radius 1 is 0.947 bits per heavy atom. The van der Waals surface area contributed by atoms with Gasteiger partial charge in [0.2, 0.25) is 0 Å². The molecule has 1 N–H and O–H groups in total. The Balaban J connectivity index is 1.76. The molecule has 2 nitrogen and oxygen atoms in total. The molecule has 0 aliphatic carbocycles. The summed E-state index contributed by atoms with van der Waals surface area (Å²) >= 11 is 2.31. The first-order valence-electron chi connectivity index (χ1n) is 6.13. The van der Waals surface area contributed by atoms with Gasteiger partial charge >= 0.3 is 0 Å². The second-order valence-electron chi connectivity index (χ2n) is 4.42. The summed E-state index contributed by atoms with van der Waals surface area (Å²) < 4.78 is 1.25. The average Bonchev–Trinajstić information content (AvgIpc) is 2.46. The molecule has 94 valence electrons. The number of fused-ring (bicyclic) bond motifs is 1. The van der Waals surface area contributed by atoms with Gasteiger partial charge in [-0.1, -0.05) is 12.1 Å². The van der Waals surface area contributed by atoms with Crippen LogP contribution in [0.15, 0.2) is 60.9 Å². The van der Waals surface area contributed by atoms with Gasteiger partial charge in [-0.15, -0.1) is 0 Å². The summed E-state index contributed by atoms with van der Waals surface area (Å²) in [6.45, 7) is 0.832. The van der Waals surface area contributed by atoms with Gasteiger partial charge in [-0.3, -0.25) is 4.98 Å². The summed E-state index contributed by atoms with van der Waals surface area (Å²) in [5, 5.41) is 5.85. The van der Waals surface area contributed by atoms with E-state index in [1.807, 2.05) is 18.5 Å². The van der Waals surface area contributed by atoms with Crippen molar-refractivity contribution >= 4 is 39.1 Å². The molecule has 0 spiro atoms. The number of nitrogens with one attached hydrogen (secondary N) is 1. The number of pyridine rings is 1. The molecule has 3 aromatic rings. The van der Waals surface area contributed by atoms with Gasteiger partial charge in [0, 0.05) is 33.6 Å². The number of rotatable bonds is 3. The summed E-state index contributed by atoms with van der Waals surface area (Å²) in [7, 11) is 0. The molecule has 19 heavy (non-hydrogen) atoms. The van der Waals surface area contributed by atoms with Crippen LogP contribution in [0.4, 0.5) is 5.69 Å². The Hall–Kier alpha value is -1.62. The van der Waals surface area contributed by atoms with Crippen molar-refractivity contribution in [1.29, 1.82) is 0 Å². The van der Waals surface area contributed by atoms with Crippen LogP contribution in [0.25, 0.3) is 10.8 Å². The van der Waals surface area contributed by atoms with E-state index in [2.05, 4.69) is 75.4 Å². The monoisotopic (exact) mass is 360 g/mol. The molecule has 0 saturated heterocycles. The highest BCUT2D eigenvalue weighted by molar-refractivity contribution is 14.1. The third kappa shape index (κ3) is 3.04. The standard InChI is InChI=1S/C16H13IN2/c17-15-3-5-16(6-4-15)19-10-12-1-2-14-11-18-8-7-13(14)9-12/h1-9,11,19H,10H2. The number of nitrogens with zero attached hydrogens (tertiary/aromatic N) is 1. The molecule has 0 aliphatic heterocycles. The van der Waals surface area contributed by atoms with Crippen molar-refractivity contribution in [1.82, 2.24) is 4.98 Å². The lowest BCUT2D eigenvalue weighted by molar-refractivity contribution is 1.15. The number of hydrogen-bond acceptors (Lipinski definition) is 2. The van der Waals surface area contributed by atoms with Gasteiger partial charge in [-0.05, 0) is 69.9 Å². The molecule has 3 heteroatoms. The highest BCUT2D eigenvalue weighted by atomic mass is 127. The van der Waals surface area contributed by atoms with Gasteiger partial charge in [-0.25, -0.2) is 0 Å². The van der Waals surface area contributed by atoms with E-state index in [-0.39, 0.29) is 0 Å². The van der Waals surface area contributed by atoms with E-state index in [0.29, 0.717) is 0 Å². The van der Waals surface area contributed by atoms with Gasteiger partial charge in [0.15, 0.2) is 0 Å². The van der Waals surface area contributed by atoms with E-state index < -0.39 is 0 Å². The fraction of sp³-hybridized carbons (Fsp3) is 0.0625. The molecule has 1 aromatic heterocycles. The van der Waals surface area contributed by atoms with Crippen LogP contribution in [0.5, 0.6) is 0 Å². The molecule has 0 unspecified atom stereocenters. The summed E-state index contributed by atoms with van der Waals surface area (Å²) in [5.41, 5.74) is 2.42. The minimum atomic E-state index is 0.832. The smallest absolute Gasteiger partial charge is 0.0401 e. The molecule has 0 saturated carbocycles. The molecule has 0 atom stereocenters. The summed E-state index contributed by atoms with van der Waals surface area (Å²) in [6, 6.07) is 16.9. The first-order valence-corrected chi connectivity index (χ1v) is 7.21. The van der Waals surface area contributed by atoms with Gasteiger partial charge in [0.05, 0.1) is 0 Å². The zero-order valence-corrected chi connectivity index (χ0v) is 12.5. The molecular weight excluding hydrogens is 347 g/mol. The largest absolute Gasteiger partial charge is 0.381 e. The Kier molecular flexibility index (Phi) is 3.64. The topological polar surface area (TPSA) is 24.9 Å². The van der Waals surface area contributed by atoms with E-state index in [4.69, 9.17) is 0 Å². The van der Waals surface area contributed by atoms with Crippen molar-refractivity contribution < 1.29 is 0 Å². The zero-order chi connectivity index (χ0) is 13.1. The van der Waals surface area contributed by atoms with Crippen LogP contribution in [0.2, 0.25) is 0 Å². The fourth-order valence-electron chi connectivity index (χ4n) is 2.01. The van der Waals surface area contributed by atoms with Crippen LogP contribution in [-0.4, -0.2) is 4.98 Å². The van der Waals surface area contributed by atoms with Gasteiger partial charge in [0.1, 0.15) is 0 Å². The zero-order valence-electron chi connectivity index (χ0n) is 10.3. The second kappa shape index (κ2) is 5.57.